The number of halogens is 6. The summed E-state index contributed by atoms with van der Waals surface area (Å²) in [6.07, 6.45) is -5.08. The van der Waals surface area contributed by atoms with E-state index < -0.39 is 23.8 Å². The number of aliphatic carboxylic acids is 1. The molecule has 0 heterocycles. The fraction of sp³-hybridized carbons (Fsp3) is 0.278. The standard InChI is InChI=1S/C16H16F3N.C2HF3O2/c1-10-7-13(17)5-6-15(10)11(2)20-9-12-3-4-14(18)8-16(12)19;3-2(4,5)1(6)7/h3-8,11,20H,9H2,1-2H3;(H,6,7). The highest BCUT2D eigenvalue weighted by atomic mass is 19.4. The molecule has 2 rings (SSSR count). The molecule has 0 bridgehead atoms. The molecule has 0 aliphatic rings. The molecule has 2 N–H and O–H groups in total. The highest BCUT2D eigenvalue weighted by Gasteiger charge is 2.38. The minimum atomic E-state index is -5.08. The Morgan fingerprint density at radius 3 is 2.07 bits per heavy atom. The van der Waals surface area contributed by atoms with E-state index in [4.69, 9.17) is 9.90 Å². The van der Waals surface area contributed by atoms with Crippen molar-refractivity contribution in [1.29, 1.82) is 0 Å². The van der Waals surface area contributed by atoms with Gasteiger partial charge in [-0.2, -0.15) is 13.2 Å². The number of hydrogen-bond donors (Lipinski definition) is 2. The lowest BCUT2D eigenvalue weighted by atomic mass is 10.0. The number of nitrogens with one attached hydrogen (secondary N) is 1. The number of carboxylic acids is 1. The van der Waals surface area contributed by atoms with Crippen molar-refractivity contribution in [1.82, 2.24) is 5.32 Å². The predicted octanol–water partition coefficient (Wildman–Crippen LogP) is 4.90. The van der Waals surface area contributed by atoms with Crippen LogP contribution in [-0.4, -0.2) is 17.3 Å². The summed E-state index contributed by atoms with van der Waals surface area (Å²) < 4.78 is 71.1. The van der Waals surface area contributed by atoms with Gasteiger partial charge in [0.05, 0.1) is 0 Å². The molecule has 0 aliphatic carbocycles. The Morgan fingerprint density at radius 2 is 1.59 bits per heavy atom. The molecule has 0 radical (unpaired) electrons. The normalized spacial score (nSPS) is 12.1. The van der Waals surface area contributed by atoms with Crippen molar-refractivity contribution >= 4 is 5.97 Å². The first-order valence-electron chi connectivity index (χ1n) is 7.65. The van der Waals surface area contributed by atoms with Crippen LogP contribution in [-0.2, 0) is 11.3 Å². The summed E-state index contributed by atoms with van der Waals surface area (Å²) in [5.41, 5.74) is 2.19. The number of rotatable bonds is 4. The van der Waals surface area contributed by atoms with E-state index in [9.17, 15) is 26.3 Å². The first kappa shape index (κ1) is 22.5. The maximum absolute atomic E-state index is 13.5. The molecule has 0 aromatic heterocycles. The van der Waals surface area contributed by atoms with Gasteiger partial charge in [-0.25, -0.2) is 18.0 Å². The van der Waals surface area contributed by atoms with Crippen LogP contribution >= 0.6 is 0 Å². The molecule has 9 heteroatoms. The Hall–Kier alpha value is -2.55. The summed E-state index contributed by atoms with van der Waals surface area (Å²) in [4.78, 5) is 8.90. The molecule has 0 aliphatic heterocycles. The summed E-state index contributed by atoms with van der Waals surface area (Å²) in [6.45, 7) is 4.03. The van der Waals surface area contributed by atoms with Crippen LogP contribution in [0.1, 0.15) is 29.7 Å². The van der Waals surface area contributed by atoms with Crippen LogP contribution in [0.4, 0.5) is 26.3 Å². The number of carbonyl (C=O) groups is 1. The van der Waals surface area contributed by atoms with Gasteiger partial charge in [0.25, 0.3) is 0 Å². The number of hydrogen-bond acceptors (Lipinski definition) is 2. The third-order valence-electron chi connectivity index (χ3n) is 3.55. The van der Waals surface area contributed by atoms with E-state index in [0.29, 0.717) is 5.56 Å². The van der Waals surface area contributed by atoms with Gasteiger partial charge in [0, 0.05) is 24.2 Å². The number of benzene rings is 2. The molecule has 27 heavy (non-hydrogen) atoms. The first-order chi connectivity index (χ1) is 12.4. The van der Waals surface area contributed by atoms with Gasteiger partial charge in [-0.1, -0.05) is 12.1 Å². The van der Waals surface area contributed by atoms with E-state index >= 15 is 0 Å². The van der Waals surface area contributed by atoms with Crippen LogP contribution in [0.2, 0.25) is 0 Å². The van der Waals surface area contributed by atoms with Gasteiger partial charge in [0.2, 0.25) is 0 Å². The zero-order valence-corrected chi connectivity index (χ0v) is 14.4. The molecular weight excluding hydrogens is 376 g/mol. The van der Waals surface area contributed by atoms with Gasteiger partial charge < -0.3 is 10.4 Å². The van der Waals surface area contributed by atoms with E-state index in [1.807, 2.05) is 13.8 Å². The van der Waals surface area contributed by atoms with Crippen LogP contribution in [0.3, 0.4) is 0 Å². The predicted molar refractivity (Wildman–Crippen MR) is 86.4 cm³/mol. The van der Waals surface area contributed by atoms with E-state index in [1.54, 1.807) is 6.07 Å². The van der Waals surface area contributed by atoms with Crippen molar-refractivity contribution in [3.05, 3.63) is 70.5 Å². The Bertz CT molecular complexity index is 792. The topological polar surface area (TPSA) is 49.3 Å². The zero-order valence-electron chi connectivity index (χ0n) is 14.4. The monoisotopic (exact) mass is 393 g/mol. The summed E-state index contributed by atoms with van der Waals surface area (Å²) in [5.74, 6) is -4.19. The van der Waals surface area contributed by atoms with E-state index in [0.717, 1.165) is 17.2 Å². The second kappa shape index (κ2) is 9.40. The molecule has 148 valence electrons. The van der Waals surface area contributed by atoms with Crippen molar-refractivity contribution in [2.24, 2.45) is 0 Å². The third kappa shape index (κ3) is 7.30. The van der Waals surface area contributed by atoms with Crippen LogP contribution < -0.4 is 5.32 Å². The van der Waals surface area contributed by atoms with Crippen molar-refractivity contribution in [2.75, 3.05) is 0 Å². The van der Waals surface area contributed by atoms with Gasteiger partial charge >= 0.3 is 12.1 Å². The lowest BCUT2D eigenvalue weighted by Crippen LogP contribution is -2.21. The van der Waals surface area contributed by atoms with Crippen LogP contribution in [0.15, 0.2) is 36.4 Å². The maximum atomic E-state index is 13.5. The SMILES string of the molecule is Cc1cc(F)ccc1C(C)NCc1ccc(F)cc1F.O=C(O)C(F)(F)F. The zero-order chi connectivity index (χ0) is 20.8. The second-order valence-electron chi connectivity index (χ2n) is 5.64. The number of alkyl halides is 3. The quantitative estimate of drug-likeness (QED) is 0.727. The molecule has 2 aromatic carbocycles. The lowest BCUT2D eigenvalue weighted by molar-refractivity contribution is -0.192. The minimum absolute atomic E-state index is 0.0555. The third-order valence-corrected chi connectivity index (χ3v) is 3.55. The molecule has 0 amide bonds. The molecule has 0 spiro atoms. The first-order valence-corrected chi connectivity index (χ1v) is 7.65. The fourth-order valence-electron chi connectivity index (χ4n) is 2.16. The average molecular weight is 393 g/mol. The van der Waals surface area contributed by atoms with Crippen LogP contribution in [0.25, 0.3) is 0 Å². The van der Waals surface area contributed by atoms with Gasteiger partial charge in [-0.15, -0.1) is 0 Å². The van der Waals surface area contributed by atoms with Crippen molar-refractivity contribution < 1.29 is 36.2 Å². The molecule has 2 aromatic rings. The number of aryl methyl sites for hydroxylation is 1. The molecule has 0 saturated heterocycles. The van der Waals surface area contributed by atoms with Gasteiger partial charge in [-0.05, 0) is 43.2 Å². The molecule has 0 saturated carbocycles. The van der Waals surface area contributed by atoms with Crippen LogP contribution in [0.5, 0.6) is 0 Å². The average Bonchev–Trinajstić information content (AvgIpc) is 2.53. The largest absolute Gasteiger partial charge is 0.490 e. The summed E-state index contributed by atoms with van der Waals surface area (Å²) in [7, 11) is 0. The summed E-state index contributed by atoms with van der Waals surface area (Å²) in [6, 6.07) is 8.04. The van der Waals surface area contributed by atoms with Crippen molar-refractivity contribution in [2.45, 2.75) is 32.6 Å². The van der Waals surface area contributed by atoms with E-state index in [-0.39, 0.29) is 18.4 Å². The summed E-state index contributed by atoms with van der Waals surface area (Å²) >= 11 is 0. The smallest absolute Gasteiger partial charge is 0.475 e. The van der Waals surface area contributed by atoms with Crippen molar-refractivity contribution in [3.63, 3.8) is 0 Å². The Labute approximate surface area is 151 Å². The minimum Gasteiger partial charge on any atom is -0.475 e. The van der Waals surface area contributed by atoms with Gasteiger partial charge in [0.15, 0.2) is 0 Å². The molecule has 1 unspecified atom stereocenters. The molecule has 1 atom stereocenters. The van der Waals surface area contributed by atoms with Gasteiger partial charge in [0.1, 0.15) is 17.5 Å². The summed E-state index contributed by atoms with van der Waals surface area (Å²) in [5, 5.41) is 10.3. The second-order valence-corrected chi connectivity index (χ2v) is 5.64. The molecular formula is C18H17F6NO2. The maximum Gasteiger partial charge on any atom is 0.490 e. The lowest BCUT2D eigenvalue weighted by Gasteiger charge is -2.17. The fourth-order valence-corrected chi connectivity index (χ4v) is 2.16. The Kier molecular flexibility index (Phi) is 7.83. The van der Waals surface area contributed by atoms with Crippen LogP contribution in [0, 0.1) is 24.4 Å². The molecule has 3 nitrogen and oxygen atoms in total. The van der Waals surface area contributed by atoms with Gasteiger partial charge in [-0.3, -0.25) is 0 Å². The molecule has 0 fully saturated rings. The van der Waals surface area contributed by atoms with E-state index in [1.165, 1.54) is 24.3 Å². The highest BCUT2D eigenvalue weighted by Crippen LogP contribution is 2.19. The Morgan fingerprint density at radius 1 is 1.07 bits per heavy atom. The highest BCUT2D eigenvalue weighted by molar-refractivity contribution is 5.73. The Balaban J connectivity index is 0.000000445. The van der Waals surface area contributed by atoms with Crippen molar-refractivity contribution in [3.8, 4) is 0 Å². The van der Waals surface area contributed by atoms with E-state index in [2.05, 4.69) is 5.32 Å². The number of carboxylic acid groups (broad SMARTS) is 1.